The van der Waals surface area contributed by atoms with Gasteiger partial charge in [0.25, 0.3) is 0 Å². The number of ether oxygens (including phenoxy) is 1. The van der Waals surface area contributed by atoms with Crippen LogP contribution in [0, 0.1) is 11.8 Å². The van der Waals surface area contributed by atoms with E-state index in [4.69, 9.17) is 10.5 Å². The third-order valence-corrected chi connectivity index (χ3v) is 3.69. The highest BCUT2D eigenvalue weighted by molar-refractivity contribution is 5.37. The fourth-order valence-corrected chi connectivity index (χ4v) is 1.96. The molecule has 0 saturated carbocycles. The van der Waals surface area contributed by atoms with Gasteiger partial charge in [0.1, 0.15) is 11.5 Å². The van der Waals surface area contributed by atoms with Crippen molar-refractivity contribution in [1.29, 1.82) is 0 Å². The van der Waals surface area contributed by atoms with E-state index in [1.807, 2.05) is 13.8 Å². The first-order chi connectivity index (χ1) is 7.40. The maximum Gasteiger partial charge on any atom is 0.142 e. The van der Waals surface area contributed by atoms with E-state index in [-0.39, 0.29) is 5.76 Å². The lowest BCUT2D eigenvalue weighted by Crippen LogP contribution is -2.19. The SMILES string of the molecule is COC1=C(C)[C@H](C)[C@@H](C)C(C)=C(N)C(O)=C1. The maximum absolute atomic E-state index is 9.84. The average Bonchev–Trinajstić information content (AvgIpc) is 2.29. The van der Waals surface area contributed by atoms with Crippen LogP contribution in [0.15, 0.2) is 34.4 Å². The van der Waals surface area contributed by atoms with Gasteiger partial charge >= 0.3 is 0 Å². The molecule has 0 aromatic heterocycles. The molecule has 1 rings (SSSR count). The summed E-state index contributed by atoms with van der Waals surface area (Å²) in [7, 11) is 1.61. The topological polar surface area (TPSA) is 55.5 Å². The molecule has 3 N–H and O–H groups in total. The number of aliphatic hydroxyl groups is 1. The summed E-state index contributed by atoms with van der Waals surface area (Å²) in [4.78, 5) is 0. The monoisotopic (exact) mass is 223 g/mol. The number of aliphatic hydroxyl groups excluding tert-OH is 1. The molecule has 3 nitrogen and oxygen atoms in total. The summed E-state index contributed by atoms with van der Waals surface area (Å²) in [6.07, 6.45) is 1.59. The van der Waals surface area contributed by atoms with Gasteiger partial charge in [0.2, 0.25) is 0 Å². The van der Waals surface area contributed by atoms with Gasteiger partial charge in [-0.25, -0.2) is 0 Å². The van der Waals surface area contributed by atoms with E-state index in [2.05, 4.69) is 13.8 Å². The Kier molecular flexibility index (Phi) is 3.68. The molecular formula is C13H21NO2. The van der Waals surface area contributed by atoms with Crippen molar-refractivity contribution in [2.45, 2.75) is 27.7 Å². The standard InChI is InChI=1S/C13H21NO2/c1-7-8(2)10(4)13(14)11(15)6-12(16-5)9(7)3/h6-8,15H,14H2,1-5H3/t7-,8-/m1/s1. The molecule has 0 saturated heterocycles. The fourth-order valence-electron chi connectivity index (χ4n) is 1.96. The third kappa shape index (κ3) is 2.08. The van der Waals surface area contributed by atoms with Gasteiger partial charge in [-0.05, 0) is 36.8 Å². The van der Waals surface area contributed by atoms with Crippen LogP contribution in [0.5, 0.6) is 0 Å². The minimum absolute atomic E-state index is 0.0902. The first kappa shape index (κ1) is 12.7. The molecule has 0 bridgehead atoms. The first-order valence-electron chi connectivity index (χ1n) is 5.52. The molecule has 0 radical (unpaired) electrons. The Morgan fingerprint density at radius 3 is 2.19 bits per heavy atom. The van der Waals surface area contributed by atoms with Crippen molar-refractivity contribution in [2.24, 2.45) is 17.6 Å². The smallest absolute Gasteiger partial charge is 0.142 e. The maximum atomic E-state index is 9.84. The summed E-state index contributed by atoms with van der Waals surface area (Å²) >= 11 is 0. The predicted molar refractivity (Wildman–Crippen MR) is 65.6 cm³/mol. The van der Waals surface area contributed by atoms with Crippen LogP contribution in [0.25, 0.3) is 0 Å². The molecule has 0 aromatic rings. The molecule has 16 heavy (non-hydrogen) atoms. The van der Waals surface area contributed by atoms with Crippen LogP contribution in [0.1, 0.15) is 27.7 Å². The van der Waals surface area contributed by atoms with E-state index in [9.17, 15) is 5.11 Å². The summed E-state index contributed by atoms with van der Waals surface area (Å²) in [5.74, 6) is 1.43. The van der Waals surface area contributed by atoms with E-state index in [0.29, 0.717) is 23.3 Å². The number of rotatable bonds is 1. The van der Waals surface area contributed by atoms with Crippen molar-refractivity contribution in [3.63, 3.8) is 0 Å². The van der Waals surface area contributed by atoms with Crippen molar-refractivity contribution < 1.29 is 9.84 Å². The summed E-state index contributed by atoms with van der Waals surface area (Å²) in [5.41, 5.74) is 8.51. The zero-order chi connectivity index (χ0) is 12.5. The lowest BCUT2D eigenvalue weighted by atomic mass is 9.82. The van der Waals surface area contributed by atoms with E-state index in [0.717, 1.165) is 11.1 Å². The summed E-state index contributed by atoms with van der Waals surface area (Å²) < 4.78 is 5.28. The second kappa shape index (κ2) is 4.64. The molecule has 0 unspecified atom stereocenters. The predicted octanol–water partition coefficient (Wildman–Crippen LogP) is 2.87. The van der Waals surface area contributed by atoms with Crippen molar-refractivity contribution >= 4 is 0 Å². The Bertz CT molecular complexity index is 377. The molecule has 90 valence electrons. The van der Waals surface area contributed by atoms with E-state index in [1.54, 1.807) is 13.2 Å². The minimum atomic E-state index is 0.0902. The molecule has 1 aliphatic rings. The molecule has 0 heterocycles. The summed E-state index contributed by atoms with van der Waals surface area (Å²) in [5, 5.41) is 9.84. The largest absolute Gasteiger partial charge is 0.506 e. The summed E-state index contributed by atoms with van der Waals surface area (Å²) in [6.45, 7) is 8.25. The van der Waals surface area contributed by atoms with Crippen LogP contribution < -0.4 is 5.73 Å². The van der Waals surface area contributed by atoms with Crippen molar-refractivity contribution in [3.8, 4) is 0 Å². The molecule has 1 aliphatic carbocycles. The summed E-state index contributed by atoms with van der Waals surface area (Å²) in [6, 6.07) is 0. The second-order valence-corrected chi connectivity index (χ2v) is 4.46. The third-order valence-electron chi connectivity index (χ3n) is 3.69. The zero-order valence-corrected chi connectivity index (χ0v) is 10.7. The van der Waals surface area contributed by atoms with Gasteiger partial charge in [-0.3, -0.25) is 0 Å². The number of hydrogen-bond acceptors (Lipinski definition) is 3. The van der Waals surface area contributed by atoms with Gasteiger partial charge < -0.3 is 15.6 Å². The highest BCUT2D eigenvalue weighted by Crippen LogP contribution is 2.32. The van der Waals surface area contributed by atoms with Gasteiger partial charge in [0, 0.05) is 6.08 Å². The molecular weight excluding hydrogens is 202 g/mol. The second-order valence-electron chi connectivity index (χ2n) is 4.46. The van der Waals surface area contributed by atoms with Crippen molar-refractivity contribution in [1.82, 2.24) is 0 Å². The number of allylic oxidation sites excluding steroid dienone is 3. The van der Waals surface area contributed by atoms with Gasteiger partial charge in [-0.15, -0.1) is 0 Å². The lowest BCUT2D eigenvalue weighted by molar-refractivity contribution is 0.287. The zero-order valence-electron chi connectivity index (χ0n) is 10.7. The Morgan fingerprint density at radius 2 is 1.69 bits per heavy atom. The van der Waals surface area contributed by atoms with E-state index in [1.165, 1.54) is 0 Å². The molecule has 2 atom stereocenters. The minimum Gasteiger partial charge on any atom is -0.506 e. The van der Waals surface area contributed by atoms with Crippen LogP contribution >= 0.6 is 0 Å². The van der Waals surface area contributed by atoms with Gasteiger partial charge in [0.05, 0.1) is 12.8 Å². The Hall–Kier alpha value is -1.38. The Labute approximate surface area is 97.3 Å². The van der Waals surface area contributed by atoms with Crippen LogP contribution in [0.3, 0.4) is 0 Å². The van der Waals surface area contributed by atoms with Crippen LogP contribution in [-0.2, 0) is 4.74 Å². The van der Waals surface area contributed by atoms with Gasteiger partial charge in [-0.2, -0.15) is 0 Å². The first-order valence-corrected chi connectivity index (χ1v) is 5.52. The van der Waals surface area contributed by atoms with Gasteiger partial charge in [0.15, 0.2) is 0 Å². The highest BCUT2D eigenvalue weighted by Gasteiger charge is 2.23. The highest BCUT2D eigenvalue weighted by atomic mass is 16.5. The fraction of sp³-hybridized carbons (Fsp3) is 0.538. The number of methoxy groups -OCH3 is 1. The number of nitrogens with two attached hydrogens (primary N) is 1. The Morgan fingerprint density at radius 1 is 1.19 bits per heavy atom. The molecule has 0 aliphatic heterocycles. The van der Waals surface area contributed by atoms with Gasteiger partial charge in [-0.1, -0.05) is 13.8 Å². The van der Waals surface area contributed by atoms with Crippen molar-refractivity contribution in [2.75, 3.05) is 7.11 Å². The molecule has 0 amide bonds. The molecule has 0 spiro atoms. The molecule has 0 aromatic carbocycles. The van der Waals surface area contributed by atoms with Crippen molar-refractivity contribution in [3.05, 3.63) is 34.4 Å². The van der Waals surface area contributed by atoms with Crippen LogP contribution in [0.2, 0.25) is 0 Å². The Balaban J connectivity index is 3.38. The molecule has 3 heteroatoms. The van der Waals surface area contributed by atoms with Crippen LogP contribution in [-0.4, -0.2) is 12.2 Å². The van der Waals surface area contributed by atoms with E-state index >= 15 is 0 Å². The average molecular weight is 223 g/mol. The normalized spacial score (nSPS) is 27.4. The van der Waals surface area contributed by atoms with E-state index < -0.39 is 0 Å². The van der Waals surface area contributed by atoms with Crippen LogP contribution in [0.4, 0.5) is 0 Å². The lowest BCUT2D eigenvalue weighted by Gasteiger charge is -2.26. The number of hydrogen-bond donors (Lipinski definition) is 2. The molecule has 0 fully saturated rings. The quantitative estimate of drug-likeness (QED) is 0.718.